The summed E-state index contributed by atoms with van der Waals surface area (Å²) < 4.78 is 0. The second-order valence-corrected chi connectivity index (χ2v) is 7.25. The van der Waals surface area contributed by atoms with Crippen LogP contribution in [0.1, 0.15) is 45.4 Å². The molecule has 0 radical (unpaired) electrons. The van der Waals surface area contributed by atoms with Gasteiger partial charge in [0.05, 0.1) is 0 Å². The Labute approximate surface area is 125 Å². The van der Waals surface area contributed by atoms with Crippen LogP contribution in [0.5, 0.6) is 0 Å². The van der Waals surface area contributed by atoms with E-state index in [1.165, 1.54) is 77.8 Å². The fourth-order valence-corrected chi connectivity index (χ4v) is 4.10. The van der Waals surface area contributed by atoms with Crippen molar-refractivity contribution in [2.45, 2.75) is 51.5 Å². The zero-order valence-corrected chi connectivity index (χ0v) is 13.3. The Morgan fingerprint density at radius 3 is 2.20 bits per heavy atom. The van der Waals surface area contributed by atoms with E-state index >= 15 is 0 Å². The second kappa shape index (κ2) is 7.24. The largest absolute Gasteiger partial charge is 0.313 e. The maximum Gasteiger partial charge on any atom is 0.0223 e. The van der Waals surface area contributed by atoms with Crippen molar-refractivity contribution < 1.29 is 0 Å². The van der Waals surface area contributed by atoms with Gasteiger partial charge in [0.2, 0.25) is 0 Å². The lowest BCUT2D eigenvalue weighted by Gasteiger charge is -2.38. The molecule has 0 aromatic rings. The number of rotatable bonds is 7. The van der Waals surface area contributed by atoms with E-state index in [1.54, 1.807) is 0 Å². The average molecular weight is 279 g/mol. The van der Waals surface area contributed by atoms with Crippen molar-refractivity contribution in [2.24, 2.45) is 11.8 Å². The third kappa shape index (κ3) is 4.19. The van der Waals surface area contributed by atoms with Gasteiger partial charge in [-0.05, 0) is 44.1 Å². The maximum atomic E-state index is 3.77. The first-order chi connectivity index (χ1) is 9.85. The molecule has 1 N–H and O–H groups in total. The number of hydrogen-bond donors (Lipinski definition) is 1. The number of nitrogens with one attached hydrogen (secondary N) is 1. The summed E-state index contributed by atoms with van der Waals surface area (Å²) in [5.74, 6) is 1.99. The lowest BCUT2D eigenvalue weighted by molar-refractivity contribution is 0.111. The molecule has 3 rings (SSSR count). The van der Waals surface area contributed by atoms with Crippen molar-refractivity contribution in [2.75, 3.05) is 45.8 Å². The Morgan fingerprint density at radius 2 is 1.60 bits per heavy atom. The van der Waals surface area contributed by atoms with Crippen LogP contribution in [0, 0.1) is 11.8 Å². The van der Waals surface area contributed by atoms with Gasteiger partial charge in [-0.1, -0.05) is 19.8 Å². The fourth-order valence-electron chi connectivity index (χ4n) is 4.10. The monoisotopic (exact) mass is 279 g/mol. The van der Waals surface area contributed by atoms with Crippen molar-refractivity contribution in [3.63, 3.8) is 0 Å². The van der Waals surface area contributed by atoms with E-state index in [9.17, 15) is 0 Å². The summed E-state index contributed by atoms with van der Waals surface area (Å²) in [6.45, 7) is 11.3. The van der Waals surface area contributed by atoms with E-state index in [0.29, 0.717) is 0 Å². The van der Waals surface area contributed by atoms with E-state index < -0.39 is 0 Å². The highest BCUT2D eigenvalue weighted by Crippen LogP contribution is 2.30. The first-order valence-corrected chi connectivity index (χ1v) is 9.03. The maximum absolute atomic E-state index is 3.77. The normalized spacial score (nSPS) is 28.1. The van der Waals surface area contributed by atoms with Crippen LogP contribution in [-0.2, 0) is 0 Å². The molecule has 1 unspecified atom stereocenters. The van der Waals surface area contributed by atoms with Crippen LogP contribution in [0.4, 0.5) is 0 Å². The van der Waals surface area contributed by atoms with Gasteiger partial charge < -0.3 is 10.2 Å². The molecule has 116 valence electrons. The predicted molar refractivity (Wildman–Crippen MR) is 85.0 cm³/mol. The molecule has 3 heteroatoms. The van der Waals surface area contributed by atoms with Gasteiger partial charge in [-0.3, -0.25) is 4.90 Å². The molecule has 3 nitrogen and oxygen atoms in total. The van der Waals surface area contributed by atoms with Crippen LogP contribution < -0.4 is 5.32 Å². The molecular formula is C17H33N3. The highest BCUT2D eigenvalue weighted by molar-refractivity contribution is 4.86. The lowest BCUT2D eigenvalue weighted by Crippen LogP contribution is -2.52. The highest BCUT2D eigenvalue weighted by atomic mass is 15.3. The predicted octanol–water partition coefficient (Wildman–Crippen LogP) is 2.18. The van der Waals surface area contributed by atoms with Gasteiger partial charge in [-0.25, -0.2) is 0 Å². The quantitative estimate of drug-likeness (QED) is 0.770. The average Bonchev–Trinajstić information content (AvgIpc) is 3.11. The molecule has 3 aliphatic rings. The van der Waals surface area contributed by atoms with Crippen LogP contribution >= 0.6 is 0 Å². The van der Waals surface area contributed by atoms with Crippen molar-refractivity contribution in [1.82, 2.24) is 15.1 Å². The molecule has 3 fully saturated rings. The first kappa shape index (κ1) is 14.8. The smallest absolute Gasteiger partial charge is 0.0223 e. The SMILES string of the molecule is CCNC(CN1CCN(CC2CC2)CC1)C1CCCC1. The molecule has 1 heterocycles. The lowest BCUT2D eigenvalue weighted by atomic mass is 9.97. The van der Waals surface area contributed by atoms with Gasteiger partial charge in [0.1, 0.15) is 0 Å². The summed E-state index contributed by atoms with van der Waals surface area (Å²) in [4.78, 5) is 5.42. The van der Waals surface area contributed by atoms with Crippen molar-refractivity contribution >= 4 is 0 Å². The van der Waals surface area contributed by atoms with Gasteiger partial charge in [0.25, 0.3) is 0 Å². The van der Waals surface area contributed by atoms with Gasteiger partial charge >= 0.3 is 0 Å². The van der Waals surface area contributed by atoms with Gasteiger partial charge in [-0.2, -0.15) is 0 Å². The molecule has 0 bridgehead atoms. The Morgan fingerprint density at radius 1 is 0.950 bits per heavy atom. The minimum absolute atomic E-state index is 0.748. The summed E-state index contributed by atoms with van der Waals surface area (Å²) >= 11 is 0. The summed E-state index contributed by atoms with van der Waals surface area (Å²) in [5, 5.41) is 3.77. The van der Waals surface area contributed by atoms with E-state index in [1.807, 2.05) is 0 Å². The summed E-state index contributed by atoms with van der Waals surface area (Å²) in [7, 11) is 0. The number of nitrogens with zero attached hydrogens (tertiary/aromatic N) is 2. The van der Waals surface area contributed by atoms with Gasteiger partial charge in [0, 0.05) is 45.3 Å². The third-order valence-corrected chi connectivity index (χ3v) is 5.57. The second-order valence-electron chi connectivity index (χ2n) is 7.25. The topological polar surface area (TPSA) is 18.5 Å². The van der Waals surface area contributed by atoms with Crippen LogP contribution in [0.2, 0.25) is 0 Å². The molecule has 0 aromatic carbocycles. The van der Waals surface area contributed by atoms with Gasteiger partial charge in [0.15, 0.2) is 0 Å². The Bertz CT molecular complexity index is 276. The van der Waals surface area contributed by atoms with E-state index in [-0.39, 0.29) is 0 Å². The zero-order valence-electron chi connectivity index (χ0n) is 13.3. The molecule has 1 saturated heterocycles. The van der Waals surface area contributed by atoms with E-state index in [2.05, 4.69) is 22.0 Å². The summed E-state index contributed by atoms with van der Waals surface area (Å²) in [6, 6.07) is 0.748. The van der Waals surface area contributed by atoms with E-state index in [4.69, 9.17) is 0 Å². The first-order valence-electron chi connectivity index (χ1n) is 9.03. The van der Waals surface area contributed by atoms with Crippen LogP contribution in [0.3, 0.4) is 0 Å². The Hall–Kier alpha value is -0.120. The Balaban J connectivity index is 1.41. The molecule has 0 aromatic heterocycles. The molecule has 20 heavy (non-hydrogen) atoms. The molecule has 0 amide bonds. The van der Waals surface area contributed by atoms with Crippen molar-refractivity contribution in [1.29, 1.82) is 0 Å². The van der Waals surface area contributed by atoms with Crippen molar-refractivity contribution in [3.8, 4) is 0 Å². The number of likely N-dealkylation sites (N-methyl/N-ethyl adjacent to an activating group) is 1. The fraction of sp³-hybridized carbons (Fsp3) is 1.00. The molecule has 1 atom stereocenters. The molecule has 2 saturated carbocycles. The standard InChI is InChI=1S/C17H33N3/c1-2-18-17(16-5-3-4-6-16)14-20-11-9-19(10-12-20)13-15-7-8-15/h15-18H,2-14H2,1H3. The van der Waals surface area contributed by atoms with Crippen LogP contribution in [0.15, 0.2) is 0 Å². The molecule has 1 aliphatic heterocycles. The summed E-state index contributed by atoms with van der Waals surface area (Å²) in [5.41, 5.74) is 0. The van der Waals surface area contributed by atoms with Gasteiger partial charge in [-0.15, -0.1) is 0 Å². The summed E-state index contributed by atoms with van der Waals surface area (Å²) in [6.07, 6.45) is 8.82. The Kier molecular flexibility index (Phi) is 5.36. The minimum Gasteiger partial charge on any atom is -0.313 e. The molecule has 0 spiro atoms. The molecule has 2 aliphatic carbocycles. The highest BCUT2D eigenvalue weighted by Gasteiger charge is 2.29. The van der Waals surface area contributed by atoms with Crippen molar-refractivity contribution in [3.05, 3.63) is 0 Å². The third-order valence-electron chi connectivity index (χ3n) is 5.57. The van der Waals surface area contributed by atoms with Crippen LogP contribution in [-0.4, -0.2) is 61.7 Å². The molecular weight excluding hydrogens is 246 g/mol. The zero-order chi connectivity index (χ0) is 13.8. The van der Waals surface area contributed by atoms with Crippen LogP contribution in [0.25, 0.3) is 0 Å². The van der Waals surface area contributed by atoms with E-state index in [0.717, 1.165) is 24.4 Å². The number of hydrogen-bond acceptors (Lipinski definition) is 3. The minimum atomic E-state index is 0.748. The number of piperazine rings is 1.